The molecule has 0 radical (unpaired) electrons. The summed E-state index contributed by atoms with van der Waals surface area (Å²) in [4.78, 5) is 12.4. The van der Waals surface area contributed by atoms with Crippen molar-refractivity contribution in [3.63, 3.8) is 0 Å². The van der Waals surface area contributed by atoms with Crippen LogP contribution in [-0.2, 0) is 7.05 Å². The average Bonchev–Trinajstić information content (AvgIpc) is 2.93. The van der Waals surface area contributed by atoms with E-state index in [2.05, 4.69) is 22.5 Å². The number of hydrogen-bond donors (Lipinski definition) is 3. The van der Waals surface area contributed by atoms with Gasteiger partial charge in [-0.1, -0.05) is 18.5 Å². The smallest absolute Gasteiger partial charge is 0.270 e. The molecule has 116 valence electrons. The number of nitrogens with zero attached hydrogens (tertiary/aromatic N) is 3. The number of hydrogen-bond acceptors (Lipinski definition) is 4. The molecule has 0 unspecified atom stereocenters. The third-order valence-electron chi connectivity index (χ3n) is 4.54. The predicted molar refractivity (Wildman–Crippen MR) is 79.1 cm³/mol. The van der Waals surface area contributed by atoms with Crippen LogP contribution in [0.2, 0.25) is 0 Å². The van der Waals surface area contributed by atoms with Gasteiger partial charge >= 0.3 is 0 Å². The Kier molecular flexibility index (Phi) is 4.50. The molecule has 1 saturated carbocycles. The van der Waals surface area contributed by atoms with Gasteiger partial charge in [-0.2, -0.15) is 5.10 Å². The van der Waals surface area contributed by atoms with E-state index in [-0.39, 0.29) is 11.7 Å². The molecule has 0 spiro atoms. The lowest BCUT2D eigenvalue weighted by molar-refractivity contribution is 0.0885. The van der Waals surface area contributed by atoms with Gasteiger partial charge in [0, 0.05) is 13.2 Å². The fourth-order valence-electron chi connectivity index (χ4n) is 3.00. The second-order valence-electron chi connectivity index (χ2n) is 5.71. The summed E-state index contributed by atoms with van der Waals surface area (Å²) in [6, 6.07) is 1.65. The minimum atomic E-state index is -0.762. The first-order valence-electron chi connectivity index (χ1n) is 7.31. The van der Waals surface area contributed by atoms with Crippen molar-refractivity contribution in [2.24, 2.45) is 23.9 Å². The number of carbonyl (C=O) groups excluding carboxylic acids is 1. The standard InChI is InChI=1S/C14H23N5O2/c1-3-10-4-7-14(8-5-10,13(15)18-21)17-12(20)11-6-9-16-19(11)2/h6,9-10,21H,3-5,7-8H2,1-2H3,(H2,15,18)(H,17,20). The summed E-state index contributed by atoms with van der Waals surface area (Å²) < 4.78 is 1.51. The first-order valence-corrected chi connectivity index (χ1v) is 7.31. The SMILES string of the molecule is CCC1CCC(NC(=O)c2ccnn2C)(C(N)=NO)CC1. The van der Waals surface area contributed by atoms with Gasteiger partial charge in [-0.05, 0) is 37.7 Å². The number of amides is 1. The van der Waals surface area contributed by atoms with Gasteiger partial charge in [-0.3, -0.25) is 9.48 Å². The predicted octanol–water partition coefficient (Wildman–Crippen LogP) is 1.24. The monoisotopic (exact) mass is 293 g/mol. The van der Waals surface area contributed by atoms with Gasteiger partial charge in [-0.15, -0.1) is 0 Å². The summed E-state index contributed by atoms with van der Waals surface area (Å²) >= 11 is 0. The number of amidine groups is 1. The largest absolute Gasteiger partial charge is 0.409 e. The van der Waals surface area contributed by atoms with E-state index in [1.807, 2.05) is 0 Å². The van der Waals surface area contributed by atoms with Crippen LogP contribution >= 0.6 is 0 Å². The molecule has 1 aromatic heterocycles. The van der Waals surface area contributed by atoms with E-state index in [1.54, 1.807) is 19.3 Å². The van der Waals surface area contributed by atoms with E-state index < -0.39 is 5.54 Å². The van der Waals surface area contributed by atoms with Gasteiger partial charge in [0.2, 0.25) is 0 Å². The summed E-state index contributed by atoms with van der Waals surface area (Å²) in [5.74, 6) is 0.461. The molecule has 4 N–H and O–H groups in total. The Morgan fingerprint density at radius 2 is 2.29 bits per heavy atom. The molecular formula is C14H23N5O2. The molecule has 1 amide bonds. The molecule has 0 saturated heterocycles. The summed E-state index contributed by atoms with van der Waals surface area (Å²) in [5, 5.41) is 19.2. The third kappa shape index (κ3) is 3.01. The van der Waals surface area contributed by atoms with E-state index in [0.717, 1.165) is 19.3 Å². The van der Waals surface area contributed by atoms with Crippen molar-refractivity contribution in [3.05, 3.63) is 18.0 Å². The highest BCUT2D eigenvalue weighted by Crippen LogP contribution is 2.34. The van der Waals surface area contributed by atoms with E-state index in [9.17, 15) is 4.79 Å². The highest BCUT2D eigenvalue weighted by molar-refractivity contribution is 5.99. The average molecular weight is 293 g/mol. The Hall–Kier alpha value is -2.05. The van der Waals surface area contributed by atoms with Crippen LogP contribution in [-0.4, -0.2) is 32.3 Å². The maximum atomic E-state index is 12.4. The normalized spacial score (nSPS) is 26.6. The zero-order valence-electron chi connectivity index (χ0n) is 12.5. The fraction of sp³-hybridized carbons (Fsp3) is 0.643. The Bertz CT molecular complexity index is 529. The van der Waals surface area contributed by atoms with Gasteiger partial charge < -0.3 is 16.3 Å². The molecule has 21 heavy (non-hydrogen) atoms. The zero-order chi connectivity index (χ0) is 15.5. The first-order chi connectivity index (χ1) is 10.0. The summed E-state index contributed by atoms with van der Waals surface area (Å²) in [5.41, 5.74) is 5.57. The Morgan fingerprint density at radius 1 is 1.62 bits per heavy atom. The number of nitrogens with two attached hydrogens (primary N) is 1. The Balaban J connectivity index is 2.18. The van der Waals surface area contributed by atoms with Crippen molar-refractivity contribution in [1.29, 1.82) is 0 Å². The molecule has 1 aliphatic rings. The van der Waals surface area contributed by atoms with Gasteiger partial charge in [0.05, 0.1) is 0 Å². The Morgan fingerprint density at radius 3 is 2.76 bits per heavy atom. The van der Waals surface area contributed by atoms with Crippen molar-refractivity contribution in [1.82, 2.24) is 15.1 Å². The molecule has 0 aliphatic heterocycles. The fourth-order valence-corrected chi connectivity index (χ4v) is 3.00. The number of nitrogens with one attached hydrogen (secondary N) is 1. The molecule has 0 atom stereocenters. The Labute approximate surface area is 124 Å². The second kappa shape index (κ2) is 6.15. The molecule has 7 nitrogen and oxygen atoms in total. The summed E-state index contributed by atoms with van der Waals surface area (Å²) in [6.07, 6.45) is 5.97. The van der Waals surface area contributed by atoms with Crippen LogP contribution < -0.4 is 11.1 Å². The van der Waals surface area contributed by atoms with Crippen LogP contribution in [0.5, 0.6) is 0 Å². The van der Waals surface area contributed by atoms with Gasteiger partial charge in [0.25, 0.3) is 5.91 Å². The minimum absolute atomic E-state index is 0.0765. The van der Waals surface area contributed by atoms with Crippen LogP contribution in [0.3, 0.4) is 0 Å². The van der Waals surface area contributed by atoms with E-state index in [1.165, 1.54) is 4.68 Å². The number of rotatable bonds is 4. The summed E-state index contributed by atoms with van der Waals surface area (Å²) in [7, 11) is 1.71. The van der Waals surface area contributed by atoms with E-state index in [0.29, 0.717) is 24.5 Å². The maximum absolute atomic E-state index is 12.4. The lowest BCUT2D eigenvalue weighted by Gasteiger charge is -2.39. The topological polar surface area (TPSA) is 106 Å². The van der Waals surface area contributed by atoms with Crippen LogP contribution in [0.4, 0.5) is 0 Å². The van der Waals surface area contributed by atoms with E-state index >= 15 is 0 Å². The van der Waals surface area contributed by atoms with Crippen molar-refractivity contribution in [3.8, 4) is 0 Å². The minimum Gasteiger partial charge on any atom is -0.409 e. The highest BCUT2D eigenvalue weighted by Gasteiger charge is 2.40. The van der Waals surface area contributed by atoms with Crippen molar-refractivity contribution < 1.29 is 10.0 Å². The molecule has 7 heteroatoms. The van der Waals surface area contributed by atoms with Crippen LogP contribution in [0.1, 0.15) is 49.5 Å². The maximum Gasteiger partial charge on any atom is 0.270 e. The third-order valence-corrected chi connectivity index (χ3v) is 4.54. The summed E-state index contributed by atoms with van der Waals surface area (Å²) in [6.45, 7) is 2.16. The second-order valence-corrected chi connectivity index (χ2v) is 5.71. The number of aryl methyl sites for hydroxylation is 1. The molecule has 1 heterocycles. The number of oxime groups is 1. The molecule has 1 aromatic rings. The van der Waals surface area contributed by atoms with Gasteiger partial charge in [0.1, 0.15) is 11.2 Å². The lowest BCUT2D eigenvalue weighted by atomic mass is 9.75. The molecule has 2 rings (SSSR count). The molecular weight excluding hydrogens is 270 g/mol. The van der Waals surface area contributed by atoms with Crippen molar-refractivity contribution in [2.45, 2.75) is 44.6 Å². The molecule has 0 bridgehead atoms. The highest BCUT2D eigenvalue weighted by atomic mass is 16.4. The number of aromatic nitrogens is 2. The zero-order valence-corrected chi connectivity index (χ0v) is 12.5. The van der Waals surface area contributed by atoms with Crippen LogP contribution in [0.25, 0.3) is 0 Å². The van der Waals surface area contributed by atoms with Crippen LogP contribution in [0.15, 0.2) is 17.4 Å². The van der Waals surface area contributed by atoms with E-state index in [4.69, 9.17) is 10.9 Å². The quantitative estimate of drug-likeness (QED) is 0.336. The number of carbonyl (C=O) groups is 1. The van der Waals surface area contributed by atoms with Gasteiger partial charge in [-0.25, -0.2) is 0 Å². The molecule has 0 aromatic carbocycles. The lowest BCUT2D eigenvalue weighted by Crippen LogP contribution is -2.59. The van der Waals surface area contributed by atoms with Crippen molar-refractivity contribution in [2.75, 3.05) is 0 Å². The first kappa shape index (κ1) is 15.3. The van der Waals surface area contributed by atoms with Crippen LogP contribution in [0, 0.1) is 5.92 Å². The van der Waals surface area contributed by atoms with Crippen molar-refractivity contribution >= 4 is 11.7 Å². The molecule has 1 aliphatic carbocycles. The molecule has 1 fully saturated rings. The van der Waals surface area contributed by atoms with Gasteiger partial charge in [0.15, 0.2) is 5.84 Å².